The molecule has 0 aliphatic heterocycles. The van der Waals surface area contributed by atoms with Gasteiger partial charge in [0.2, 0.25) is 41.4 Å². The van der Waals surface area contributed by atoms with Crippen LogP contribution in [-0.2, 0) is 76.5 Å². The second-order valence-electron chi connectivity index (χ2n) is 18.3. The van der Waals surface area contributed by atoms with E-state index in [9.17, 15) is 78.0 Å². The molecule has 0 rings (SSSR count). The van der Waals surface area contributed by atoms with Crippen molar-refractivity contribution >= 4 is 71.2 Å². The Kier molecular flexibility index (Phi) is 42.7. The highest BCUT2D eigenvalue weighted by atomic mass is 16.5. The van der Waals surface area contributed by atoms with Gasteiger partial charge in [0.15, 0.2) is 0 Å². The minimum Gasteiger partial charge on any atom is -0.481 e. The Bertz CT molecular complexity index is 1840. The minimum absolute atomic E-state index is 0.0255. The average molecular weight is 1120 g/mol. The Labute approximate surface area is 454 Å². The number of amides is 7. The van der Waals surface area contributed by atoms with Crippen molar-refractivity contribution in [2.24, 2.45) is 5.73 Å². The quantitative estimate of drug-likeness (QED) is 0.0369. The van der Waals surface area contributed by atoms with E-state index in [4.69, 9.17) is 29.8 Å². The van der Waals surface area contributed by atoms with Crippen LogP contribution < -0.4 is 37.6 Å². The van der Waals surface area contributed by atoms with Gasteiger partial charge in [-0.05, 0) is 38.5 Å². The van der Waals surface area contributed by atoms with Crippen LogP contribution in [0.2, 0.25) is 0 Å². The number of nitrogens with two attached hydrogens (primary N) is 1. The van der Waals surface area contributed by atoms with E-state index in [1.165, 1.54) is 25.7 Å². The van der Waals surface area contributed by atoms with Gasteiger partial charge in [0.25, 0.3) is 0 Å². The highest BCUT2D eigenvalue weighted by molar-refractivity contribution is 5.88. The second-order valence-corrected chi connectivity index (χ2v) is 18.3. The van der Waals surface area contributed by atoms with Crippen LogP contribution >= 0.6 is 0 Å². The number of nitrogens with one attached hydrogen (secondary N) is 6. The van der Waals surface area contributed by atoms with Gasteiger partial charge in [-0.1, -0.05) is 77.0 Å². The van der Waals surface area contributed by atoms with E-state index in [2.05, 4.69) is 31.9 Å². The minimum atomic E-state index is -1.47. The van der Waals surface area contributed by atoms with E-state index in [1.54, 1.807) is 0 Å². The summed E-state index contributed by atoms with van der Waals surface area (Å²) in [6.45, 7) is -0.375. The van der Waals surface area contributed by atoms with Crippen molar-refractivity contribution in [2.75, 3.05) is 65.9 Å². The van der Waals surface area contributed by atoms with E-state index in [0.717, 1.165) is 57.8 Å². The van der Waals surface area contributed by atoms with E-state index in [0.29, 0.717) is 6.42 Å². The highest BCUT2D eigenvalue weighted by Crippen LogP contribution is 2.14. The van der Waals surface area contributed by atoms with Crippen LogP contribution in [0, 0.1) is 0 Å². The van der Waals surface area contributed by atoms with Gasteiger partial charge in [-0.3, -0.25) is 38.4 Å². The number of carbonyl (C=O) groups excluding carboxylic acids is 7. The summed E-state index contributed by atoms with van der Waals surface area (Å²) >= 11 is 0. The van der Waals surface area contributed by atoms with Crippen LogP contribution in [-0.4, -0.2) is 187 Å². The average Bonchev–Trinajstić information content (AvgIpc) is 3.37. The molecule has 4 atom stereocenters. The molecule has 0 saturated carbocycles. The molecule has 0 heterocycles. The van der Waals surface area contributed by atoms with E-state index < -0.39 is 108 Å². The summed E-state index contributed by atoms with van der Waals surface area (Å²) < 4.78 is 21.0. The molecule has 28 heteroatoms. The Morgan fingerprint density at radius 2 is 0.615 bits per heavy atom. The Balaban J connectivity index is 4.05. The largest absolute Gasteiger partial charge is 0.481 e. The first-order valence-electron chi connectivity index (χ1n) is 26.6. The van der Waals surface area contributed by atoms with E-state index >= 15 is 0 Å². The lowest BCUT2D eigenvalue weighted by atomic mass is 10.0. The fourth-order valence-corrected chi connectivity index (χ4v) is 7.30. The third kappa shape index (κ3) is 43.6. The number of carboxylic acid groups (broad SMARTS) is 5. The highest BCUT2D eigenvalue weighted by Gasteiger charge is 2.26. The number of rotatable bonds is 53. The van der Waals surface area contributed by atoms with Crippen LogP contribution in [0.4, 0.5) is 0 Å². The maximum atomic E-state index is 12.5. The smallest absolute Gasteiger partial charge is 0.326 e. The summed E-state index contributed by atoms with van der Waals surface area (Å²) in [5.41, 5.74) is 5.00. The van der Waals surface area contributed by atoms with Crippen molar-refractivity contribution in [1.29, 1.82) is 0 Å². The zero-order valence-corrected chi connectivity index (χ0v) is 44.7. The predicted octanol–water partition coefficient (Wildman–Crippen LogP) is 0.495. The molecule has 0 aromatic rings. The zero-order valence-electron chi connectivity index (χ0n) is 44.7. The van der Waals surface area contributed by atoms with Gasteiger partial charge in [0, 0.05) is 51.6 Å². The predicted molar refractivity (Wildman–Crippen MR) is 275 cm³/mol. The van der Waals surface area contributed by atoms with Crippen LogP contribution in [0.5, 0.6) is 0 Å². The normalized spacial score (nSPS) is 12.5. The lowest BCUT2D eigenvalue weighted by Gasteiger charge is -2.17. The number of aliphatic carboxylic acids is 5. The number of unbranched alkanes of at least 4 members (excludes halogenated alkanes) is 13. The van der Waals surface area contributed by atoms with E-state index in [-0.39, 0.29) is 117 Å². The summed E-state index contributed by atoms with van der Waals surface area (Å²) in [6, 6.07) is -5.64. The molecule has 0 aromatic carbocycles. The number of primary amides is 1. The molecule has 28 nitrogen and oxygen atoms in total. The molecule has 0 fully saturated rings. The molecule has 0 aliphatic carbocycles. The summed E-state index contributed by atoms with van der Waals surface area (Å²) in [5.74, 6) is -10.8. The topological polar surface area (TPSA) is 441 Å². The lowest BCUT2D eigenvalue weighted by Crippen LogP contribution is -2.45. The van der Waals surface area contributed by atoms with Gasteiger partial charge in [-0.15, -0.1) is 0 Å². The van der Waals surface area contributed by atoms with Crippen molar-refractivity contribution in [3.05, 3.63) is 0 Å². The molecule has 4 unspecified atom stereocenters. The molecule has 0 saturated heterocycles. The second kappa shape index (κ2) is 46.6. The molecule has 446 valence electrons. The molecule has 0 spiro atoms. The molecule has 0 aliphatic rings. The zero-order chi connectivity index (χ0) is 58.4. The van der Waals surface area contributed by atoms with Crippen molar-refractivity contribution in [1.82, 2.24) is 31.9 Å². The van der Waals surface area contributed by atoms with Gasteiger partial charge in [-0.25, -0.2) is 19.2 Å². The third-order valence-corrected chi connectivity index (χ3v) is 11.6. The van der Waals surface area contributed by atoms with Gasteiger partial charge < -0.3 is 82.1 Å². The van der Waals surface area contributed by atoms with Crippen LogP contribution in [0.3, 0.4) is 0 Å². The molecule has 0 bridgehead atoms. The van der Waals surface area contributed by atoms with Crippen LogP contribution in [0.1, 0.15) is 154 Å². The number of carbonyl (C=O) groups is 12. The molecule has 13 N–H and O–H groups in total. The van der Waals surface area contributed by atoms with E-state index in [1.807, 2.05) is 0 Å². The van der Waals surface area contributed by atoms with Gasteiger partial charge in [0.05, 0.1) is 39.6 Å². The summed E-state index contributed by atoms with van der Waals surface area (Å²) in [5, 5.41) is 60.6. The standard InChI is InChI=1S/C50H85N7O21/c51-39(58)21-17-35(47(67)68)55-42(61)24-20-38(50(73)74)57-45(64)34-78-32-30-76-28-26-53-44(63)33-77-31-29-75-27-25-52-40(59)22-18-36(48(69)70)56-43(62)23-19-37(49(71)72)54-41(60)15-13-11-9-7-5-3-1-2-4-6-8-10-12-14-16-46(65)66/h35-38H,1-34H2,(H2,51,58)(H,52,59)(H,53,63)(H,54,60)(H,55,61)(H,56,62)(H,57,64)(H,65,66)(H,67,68)(H,69,70)(H,71,72)(H,73,74). The fourth-order valence-electron chi connectivity index (χ4n) is 7.30. The van der Waals surface area contributed by atoms with Crippen LogP contribution in [0.15, 0.2) is 0 Å². The van der Waals surface area contributed by atoms with Crippen molar-refractivity contribution in [3.63, 3.8) is 0 Å². The number of hydrogen-bond donors (Lipinski definition) is 12. The van der Waals surface area contributed by atoms with Gasteiger partial charge in [0.1, 0.15) is 37.4 Å². The molecular formula is C50H85N7O21. The monoisotopic (exact) mass is 1120 g/mol. The Hall–Kier alpha value is -6.52. The summed E-state index contributed by atoms with van der Waals surface area (Å²) in [7, 11) is 0. The number of carboxylic acids is 5. The van der Waals surface area contributed by atoms with Crippen molar-refractivity contribution in [3.8, 4) is 0 Å². The number of ether oxygens (including phenoxy) is 4. The lowest BCUT2D eigenvalue weighted by molar-refractivity contribution is -0.144. The molecule has 0 radical (unpaired) electrons. The van der Waals surface area contributed by atoms with Crippen LogP contribution in [0.25, 0.3) is 0 Å². The molecule has 7 amide bonds. The maximum absolute atomic E-state index is 12.5. The summed E-state index contributed by atoms with van der Waals surface area (Å²) in [4.78, 5) is 141. The van der Waals surface area contributed by atoms with Gasteiger partial charge >= 0.3 is 29.8 Å². The van der Waals surface area contributed by atoms with Gasteiger partial charge in [-0.2, -0.15) is 0 Å². The molecule has 78 heavy (non-hydrogen) atoms. The first kappa shape index (κ1) is 71.5. The Morgan fingerprint density at radius 1 is 0.321 bits per heavy atom. The first-order chi connectivity index (χ1) is 37.2. The number of hydrogen-bond acceptors (Lipinski definition) is 16. The summed E-state index contributed by atoms with van der Waals surface area (Å²) in [6.07, 6.45) is 12.2. The fraction of sp³-hybridized carbons (Fsp3) is 0.760. The van der Waals surface area contributed by atoms with Crippen molar-refractivity contribution < 1.29 is 102 Å². The molecule has 0 aromatic heterocycles. The third-order valence-electron chi connectivity index (χ3n) is 11.6. The Morgan fingerprint density at radius 3 is 0.987 bits per heavy atom. The maximum Gasteiger partial charge on any atom is 0.326 e. The first-order valence-corrected chi connectivity index (χ1v) is 26.6. The molecular weight excluding hydrogens is 1030 g/mol. The SMILES string of the molecule is NC(=O)CCC(NC(=O)CCC(NC(=O)COCCOCCNC(=O)COCCOCCNC(=O)CCC(NC(=O)CCC(NC(=O)CCCCCCCCCCCCCCCCC(=O)O)C(=O)O)C(=O)O)C(=O)O)C(=O)O. The van der Waals surface area contributed by atoms with Crippen molar-refractivity contribution in [2.45, 2.75) is 178 Å².